The van der Waals surface area contributed by atoms with Crippen LogP contribution in [0.3, 0.4) is 0 Å². The lowest BCUT2D eigenvalue weighted by molar-refractivity contribution is -0.155. The molecule has 0 aromatic rings. The van der Waals surface area contributed by atoms with Crippen molar-refractivity contribution in [1.29, 1.82) is 0 Å². The van der Waals surface area contributed by atoms with Gasteiger partial charge in [-0.15, -0.1) is 0 Å². The van der Waals surface area contributed by atoms with Gasteiger partial charge in [-0.3, -0.25) is 4.79 Å². The Kier molecular flexibility index (Phi) is 9.81. The van der Waals surface area contributed by atoms with E-state index in [2.05, 4.69) is 32.6 Å². The summed E-state index contributed by atoms with van der Waals surface area (Å²) in [6, 6.07) is 0. The number of Topliss-reactive ketones (excluding diaryl/α,β-unsaturated/α-hetero) is 1. The minimum absolute atomic E-state index is 0.0132. The Hall–Kier alpha value is -1.19. The second kappa shape index (κ2) is 11.4. The second-order valence-corrected chi connectivity index (χ2v) is 6.47. The van der Waals surface area contributed by atoms with Crippen molar-refractivity contribution < 1.29 is 14.3 Å². The van der Waals surface area contributed by atoms with Gasteiger partial charge in [0.25, 0.3) is 0 Å². The lowest BCUT2D eigenvalue weighted by Gasteiger charge is -2.22. The highest BCUT2D eigenvalue weighted by molar-refractivity contribution is 5.94. The highest BCUT2D eigenvalue weighted by Crippen LogP contribution is 2.15. The van der Waals surface area contributed by atoms with Crippen LogP contribution in [0.15, 0.2) is 35.5 Å². The number of allylic oxidation sites excluding steroid dienone is 4. The van der Waals surface area contributed by atoms with Crippen LogP contribution in [0.4, 0.5) is 0 Å². The Labute approximate surface area is 141 Å². The van der Waals surface area contributed by atoms with Gasteiger partial charge in [-0.2, -0.15) is 0 Å². The lowest BCUT2D eigenvalue weighted by atomic mass is 10.0. The van der Waals surface area contributed by atoms with Crippen molar-refractivity contribution in [2.75, 3.05) is 13.2 Å². The molecule has 1 saturated heterocycles. The van der Waals surface area contributed by atoms with Crippen LogP contribution in [-0.2, 0) is 14.3 Å². The molecule has 1 heterocycles. The van der Waals surface area contributed by atoms with Gasteiger partial charge in [0, 0.05) is 13.0 Å². The molecule has 130 valence electrons. The molecule has 0 radical (unpaired) electrons. The van der Waals surface area contributed by atoms with Crippen molar-refractivity contribution in [3.8, 4) is 0 Å². The van der Waals surface area contributed by atoms with Gasteiger partial charge in [-0.05, 0) is 64.9 Å². The number of ether oxygens (including phenoxy) is 2. The first-order valence-corrected chi connectivity index (χ1v) is 8.72. The first-order chi connectivity index (χ1) is 11.0. The van der Waals surface area contributed by atoms with Crippen molar-refractivity contribution in [2.24, 2.45) is 0 Å². The average Bonchev–Trinajstić information content (AvgIpc) is 2.53. The largest absolute Gasteiger partial charge is 0.353 e. The third-order valence-corrected chi connectivity index (χ3v) is 4.11. The third-order valence-electron chi connectivity index (χ3n) is 4.11. The number of hydrogen-bond acceptors (Lipinski definition) is 3. The maximum atomic E-state index is 11.5. The van der Waals surface area contributed by atoms with Gasteiger partial charge in [0.2, 0.25) is 0 Å². The summed E-state index contributed by atoms with van der Waals surface area (Å²) < 4.78 is 11.2. The van der Waals surface area contributed by atoms with E-state index in [1.807, 2.05) is 0 Å². The fourth-order valence-corrected chi connectivity index (χ4v) is 2.41. The molecule has 1 aliphatic rings. The Morgan fingerprint density at radius 3 is 2.52 bits per heavy atom. The predicted octanol–water partition coefficient (Wildman–Crippen LogP) is 5.13. The molecule has 3 nitrogen and oxygen atoms in total. The zero-order valence-corrected chi connectivity index (χ0v) is 15.0. The Balaban J connectivity index is 2.17. The average molecular weight is 320 g/mol. The van der Waals surface area contributed by atoms with E-state index in [4.69, 9.17) is 9.47 Å². The van der Waals surface area contributed by atoms with Crippen LogP contribution in [0.25, 0.3) is 0 Å². The van der Waals surface area contributed by atoms with Crippen LogP contribution in [0.5, 0.6) is 0 Å². The minimum Gasteiger partial charge on any atom is -0.353 e. The summed E-state index contributed by atoms with van der Waals surface area (Å²) in [5.41, 5.74) is 3.26. The van der Waals surface area contributed by atoms with Gasteiger partial charge in [0.05, 0.1) is 6.61 Å². The Morgan fingerprint density at radius 2 is 1.87 bits per heavy atom. The third kappa shape index (κ3) is 9.52. The van der Waals surface area contributed by atoms with Gasteiger partial charge >= 0.3 is 0 Å². The van der Waals surface area contributed by atoms with E-state index < -0.39 is 0 Å². The summed E-state index contributed by atoms with van der Waals surface area (Å²) in [6.07, 6.45) is 11.2. The van der Waals surface area contributed by atoms with E-state index in [-0.39, 0.29) is 12.1 Å². The first-order valence-electron chi connectivity index (χ1n) is 8.72. The Morgan fingerprint density at radius 1 is 1.13 bits per heavy atom. The molecule has 0 aliphatic carbocycles. The monoisotopic (exact) mass is 320 g/mol. The number of carbonyl (C=O) groups excluding carboxylic acids is 1. The van der Waals surface area contributed by atoms with Crippen LogP contribution < -0.4 is 0 Å². The molecule has 1 rings (SSSR count). The number of ketones is 1. The molecule has 0 saturated carbocycles. The molecule has 23 heavy (non-hydrogen) atoms. The minimum atomic E-state index is -0.0132. The predicted molar refractivity (Wildman–Crippen MR) is 95.3 cm³/mol. The zero-order chi connectivity index (χ0) is 17.1. The fraction of sp³-hybridized carbons (Fsp3) is 0.650. The van der Waals surface area contributed by atoms with Crippen molar-refractivity contribution in [3.63, 3.8) is 0 Å². The summed E-state index contributed by atoms with van der Waals surface area (Å²) in [7, 11) is 0. The molecule has 1 aliphatic heterocycles. The van der Waals surface area contributed by atoms with E-state index in [1.54, 1.807) is 6.92 Å². The quantitative estimate of drug-likeness (QED) is 0.413. The van der Waals surface area contributed by atoms with Crippen molar-refractivity contribution >= 4 is 5.78 Å². The van der Waals surface area contributed by atoms with Crippen LogP contribution in [0.1, 0.15) is 65.7 Å². The van der Waals surface area contributed by atoms with E-state index in [0.29, 0.717) is 18.6 Å². The van der Waals surface area contributed by atoms with E-state index in [9.17, 15) is 4.79 Å². The van der Waals surface area contributed by atoms with Crippen molar-refractivity contribution in [1.82, 2.24) is 0 Å². The van der Waals surface area contributed by atoms with Crippen LogP contribution >= 0.6 is 0 Å². The maximum absolute atomic E-state index is 11.5. The molecule has 0 spiro atoms. The number of hydrogen-bond donors (Lipinski definition) is 0. The van der Waals surface area contributed by atoms with Gasteiger partial charge in [-0.25, -0.2) is 0 Å². The summed E-state index contributed by atoms with van der Waals surface area (Å²) in [5, 5.41) is 0. The molecular formula is C20H32O3. The highest BCUT2D eigenvalue weighted by Gasteiger charge is 2.12. The molecular weight excluding hydrogens is 288 g/mol. The SMILES string of the molecule is C=C(C)C(=O)CC/C(C)=C\CC/C(C)=C\COC1CCCCO1. The topological polar surface area (TPSA) is 35.5 Å². The van der Waals surface area contributed by atoms with Crippen LogP contribution in [-0.4, -0.2) is 25.3 Å². The van der Waals surface area contributed by atoms with E-state index in [1.165, 1.54) is 17.6 Å². The van der Waals surface area contributed by atoms with Crippen molar-refractivity contribution in [2.45, 2.75) is 72.0 Å². The van der Waals surface area contributed by atoms with Crippen LogP contribution in [0, 0.1) is 0 Å². The molecule has 0 amide bonds. The summed E-state index contributed by atoms with van der Waals surface area (Å²) in [6.45, 7) is 11.1. The molecule has 1 fully saturated rings. The lowest BCUT2D eigenvalue weighted by Crippen LogP contribution is -2.22. The smallest absolute Gasteiger partial charge is 0.158 e. The molecule has 0 aromatic carbocycles. The standard InChI is InChI=1S/C20H32O3/c1-16(2)19(21)12-11-17(3)8-7-9-18(4)13-15-23-20-10-5-6-14-22-20/h8,13,20H,1,5-7,9-12,14-15H2,2-4H3/b17-8-,18-13-. The van der Waals surface area contributed by atoms with E-state index in [0.717, 1.165) is 38.7 Å². The van der Waals surface area contributed by atoms with Gasteiger partial charge < -0.3 is 9.47 Å². The van der Waals surface area contributed by atoms with Gasteiger partial charge in [-0.1, -0.05) is 29.9 Å². The first kappa shape index (κ1) is 19.9. The molecule has 0 N–H and O–H groups in total. The summed E-state index contributed by atoms with van der Waals surface area (Å²) in [5.74, 6) is 0.163. The highest BCUT2D eigenvalue weighted by atomic mass is 16.7. The zero-order valence-electron chi connectivity index (χ0n) is 15.0. The van der Waals surface area contributed by atoms with Crippen LogP contribution in [0.2, 0.25) is 0 Å². The summed E-state index contributed by atoms with van der Waals surface area (Å²) in [4.78, 5) is 11.5. The number of rotatable bonds is 10. The van der Waals surface area contributed by atoms with E-state index >= 15 is 0 Å². The molecule has 1 atom stereocenters. The normalized spacial score (nSPS) is 19.7. The van der Waals surface area contributed by atoms with Gasteiger partial charge in [0.15, 0.2) is 12.1 Å². The second-order valence-electron chi connectivity index (χ2n) is 6.47. The molecule has 0 aromatic heterocycles. The van der Waals surface area contributed by atoms with Gasteiger partial charge in [0.1, 0.15) is 0 Å². The molecule has 0 bridgehead atoms. The van der Waals surface area contributed by atoms with Crippen molar-refractivity contribution in [3.05, 3.63) is 35.5 Å². The number of carbonyl (C=O) groups is 1. The maximum Gasteiger partial charge on any atom is 0.158 e. The fourth-order valence-electron chi connectivity index (χ4n) is 2.41. The Bertz CT molecular complexity index is 440. The molecule has 3 heteroatoms. The molecule has 1 unspecified atom stereocenters. The summed E-state index contributed by atoms with van der Waals surface area (Å²) >= 11 is 0.